The van der Waals surface area contributed by atoms with Crippen LogP contribution in [0.4, 0.5) is 0 Å². The van der Waals surface area contributed by atoms with Crippen molar-refractivity contribution in [3.05, 3.63) is 52.5 Å². The molecular formula is C22H33IN6. The van der Waals surface area contributed by atoms with E-state index in [1.165, 1.54) is 33.3 Å². The average molecular weight is 508 g/mol. The maximum atomic E-state index is 4.74. The molecule has 0 saturated carbocycles. The van der Waals surface area contributed by atoms with Gasteiger partial charge in [-0.1, -0.05) is 12.1 Å². The molecule has 1 aromatic carbocycles. The standard InChI is InChI=1S/C22H32N6.HI/c1-6-23-22(25-12-10-19-16(3)27-28(5)17(19)4)24-11-9-18-14-26-21-13-15(2)7-8-20(18)21;/h7-8,13-14,26H,6,9-12H2,1-5H3,(H2,23,24,25);1H. The number of guanidine groups is 1. The van der Waals surface area contributed by atoms with E-state index in [0.29, 0.717) is 0 Å². The molecule has 0 atom stereocenters. The summed E-state index contributed by atoms with van der Waals surface area (Å²) in [6, 6.07) is 6.57. The molecule has 0 amide bonds. The van der Waals surface area contributed by atoms with Crippen LogP contribution in [0, 0.1) is 20.8 Å². The van der Waals surface area contributed by atoms with Crippen LogP contribution in [0.5, 0.6) is 0 Å². The molecule has 0 aliphatic rings. The number of H-pyrrole nitrogens is 1. The third-order valence-electron chi connectivity index (χ3n) is 5.24. The lowest BCUT2D eigenvalue weighted by molar-refractivity contribution is 0.729. The first kappa shape index (κ1) is 23.3. The maximum Gasteiger partial charge on any atom is 0.191 e. The average Bonchev–Trinajstić information content (AvgIpc) is 3.16. The highest BCUT2D eigenvalue weighted by atomic mass is 127. The van der Waals surface area contributed by atoms with Gasteiger partial charge in [0.25, 0.3) is 0 Å². The van der Waals surface area contributed by atoms with Crippen LogP contribution < -0.4 is 10.6 Å². The van der Waals surface area contributed by atoms with Crippen molar-refractivity contribution in [2.24, 2.45) is 12.0 Å². The molecule has 158 valence electrons. The zero-order valence-electron chi connectivity index (χ0n) is 18.1. The minimum absolute atomic E-state index is 0. The Labute approximate surface area is 190 Å². The Morgan fingerprint density at radius 2 is 1.97 bits per heavy atom. The van der Waals surface area contributed by atoms with Crippen LogP contribution in [0.1, 0.15) is 35.0 Å². The van der Waals surface area contributed by atoms with E-state index in [2.05, 4.69) is 72.8 Å². The molecule has 3 aromatic rings. The van der Waals surface area contributed by atoms with Gasteiger partial charge in [-0.15, -0.1) is 24.0 Å². The first-order valence-corrected chi connectivity index (χ1v) is 10.1. The van der Waals surface area contributed by atoms with Crippen molar-refractivity contribution >= 4 is 40.8 Å². The number of aryl methyl sites for hydroxylation is 3. The lowest BCUT2D eigenvalue weighted by Crippen LogP contribution is -2.38. The third kappa shape index (κ3) is 5.74. The van der Waals surface area contributed by atoms with Crippen LogP contribution >= 0.6 is 24.0 Å². The van der Waals surface area contributed by atoms with Gasteiger partial charge in [0, 0.05) is 49.5 Å². The van der Waals surface area contributed by atoms with Crippen LogP contribution in [-0.2, 0) is 19.9 Å². The van der Waals surface area contributed by atoms with E-state index in [-0.39, 0.29) is 24.0 Å². The highest BCUT2D eigenvalue weighted by Gasteiger charge is 2.09. The Balaban J connectivity index is 0.00000300. The summed E-state index contributed by atoms with van der Waals surface area (Å²) in [4.78, 5) is 8.12. The number of nitrogens with zero attached hydrogens (tertiary/aromatic N) is 3. The van der Waals surface area contributed by atoms with Crippen molar-refractivity contribution in [2.75, 3.05) is 19.6 Å². The number of hydrogen-bond donors (Lipinski definition) is 3. The lowest BCUT2D eigenvalue weighted by atomic mass is 10.1. The Hall–Kier alpha value is -2.03. The predicted molar refractivity (Wildman–Crippen MR) is 133 cm³/mol. The summed E-state index contributed by atoms with van der Waals surface area (Å²) in [5, 5.41) is 12.6. The van der Waals surface area contributed by atoms with Crippen molar-refractivity contribution in [1.82, 2.24) is 25.4 Å². The van der Waals surface area contributed by atoms with E-state index < -0.39 is 0 Å². The van der Waals surface area contributed by atoms with Gasteiger partial charge >= 0.3 is 0 Å². The largest absolute Gasteiger partial charge is 0.361 e. The van der Waals surface area contributed by atoms with Crippen molar-refractivity contribution in [1.29, 1.82) is 0 Å². The third-order valence-corrected chi connectivity index (χ3v) is 5.24. The van der Waals surface area contributed by atoms with Crippen LogP contribution in [0.2, 0.25) is 0 Å². The van der Waals surface area contributed by atoms with Crippen LogP contribution in [-0.4, -0.2) is 40.4 Å². The number of halogens is 1. The SMILES string of the molecule is CCNC(=NCCc1c(C)nn(C)c1C)NCCc1c[nH]c2cc(C)ccc12.I. The molecule has 2 aromatic heterocycles. The molecule has 3 N–H and O–H groups in total. The topological polar surface area (TPSA) is 70.0 Å². The van der Waals surface area contributed by atoms with Crippen molar-refractivity contribution in [2.45, 2.75) is 40.5 Å². The van der Waals surface area contributed by atoms with Gasteiger partial charge in [-0.25, -0.2) is 0 Å². The summed E-state index contributed by atoms with van der Waals surface area (Å²) in [6.07, 6.45) is 3.97. The number of benzene rings is 1. The van der Waals surface area contributed by atoms with E-state index in [1.54, 1.807) is 0 Å². The molecule has 6 nitrogen and oxygen atoms in total. The summed E-state index contributed by atoms with van der Waals surface area (Å²) < 4.78 is 1.94. The summed E-state index contributed by atoms with van der Waals surface area (Å²) >= 11 is 0. The number of rotatable bonds is 7. The molecule has 29 heavy (non-hydrogen) atoms. The highest BCUT2D eigenvalue weighted by molar-refractivity contribution is 14.0. The molecule has 0 spiro atoms. The lowest BCUT2D eigenvalue weighted by Gasteiger charge is -2.11. The molecular weight excluding hydrogens is 475 g/mol. The molecule has 3 rings (SSSR count). The Morgan fingerprint density at radius 1 is 1.17 bits per heavy atom. The smallest absolute Gasteiger partial charge is 0.191 e. The molecule has 0 aliphatic heterocycles. The normalized spacial score (nSPS) is 11.6. The summed E-state index contributed by atoms with van der Waals surface area (Å²) in [5.41, 5.74) is 7.44. The van der Waals surface area contributed by atoms with E-state index in [1.807, 2.05) is 11.7 Å². The monoisotopic (exact) mass is 508 g/mol. The van der Waals surface area contributed by atoms with Gasteiger partial charge < -0.3 is 15.6 Å². The quantitative estimate of drug-likeness (QED) is 0.259. The molecule has 0 unspecified atom stereocenters. The molecule has 0 saturated heterocycles. The van der Waals surface area contributed by atoms with Gasteiger partial charge in [0.1, 0.15) is 0 Å². The van der Waals surface area contributed by atoms with E-state index in [0.717, 1.165) is 44.1 Å². The van der Waals surface area contributed by atoms with Gasteiger partial charge in [-0.05, 0) is 63.3 Å². The fourth-order valence-electron chi connectivity index (χ4n) is 3.62. The van der Waals surface area contributed by atoms with Gasteiger partial charge in [-0.3, -0.25) is 9.67 Å². The van der Waals surface area contributed by atoms with Crippen molar-refractivity contribution in [3.63, 3.8) is 0 Å². The fraction of sp³-hybridized carbons (Fsp3) is 0.455. The molecule has 0 radical (unpaired) electrons. The number of nitrogens with one attached hydrogen (secondary N) is 3. The van der Waals surface area contributed by atoms with E-state index in [4.69, 9.17) is 4.99 Å². The zero-order chi connectivity index (χ0) is 20.1. The maximum absolute atomic E-state index is 4.74. The number of aliphatic imine (C=N–C) groups is 1. The number of aromatic nitrogens is 3. The first-order valence-electron chi connectivity index (χ1n) is 10.1. The highest BCUT2D eigenvalue weighted by Crippen LogP contribution is 2.19. The minimum atomic E-state index is 0. The van der Waals surface area contributed by atoms with E-state index in [9.17, 15) is 0 Å². The molecule has 0 bridgehead atoms. The zero-order valence-corrected chi connectivity index (χ0v) is 20.4. The summed E-state index contributed by atoms with van der Waals surface area (Å²) in [7, 11) is 1.99. The number of hydrogen-bond acceptors (Lipinski definition) is 2. The Morgan fingerprint density at radius 3 is 2.66 bits per heavy atom. The fourth-order valence-corrected chi connectivity index (χ4v) is 3.62. The first-order chi connectivity index (χ1) is 13.5. The molecule has 7 heteroatoms. The summed E-state index contributed by atoms with van der Waals surface area (Å²) in [6.45, 7) is 10.8. The second-order valence-electron chi connectivity index (χ2n) is 7.32. The van der Waals surface area contributed by atoms with Crippen LogP contribution in [0.25, 0.3) is 10.9 Å². The number of fused-ring (bicyclic) bond motifs is 1. The summed E-state index contributed by atoms with van der Waals surface area (Å²) in [5.74, 6) is 0.873. The van der Waals surface area contributed by atoms with Crippen LogP contribution in [0.15, 0.2) is 29.4 Å². The minimum Gasteiger partial charge on any atom is -0.361 e. The van der Waals surface area contributed by atoms with E-state index >= 15 is 0 Å². The van der Waals surface area contributed by atoms with Gasteiger partial charge in [-0.2, -0.15) is 5.10 Å². The van der Waals surface area contributed by atoms with Crippen molar-refractivity contribution < 1.29 is 0 Å². The molecule has 2 heterocycles. The predicted octanol–water partition coefficient (Wildman–Crippen LogP) is 3.78. The number of aromatic amines is 1. The molecule has 0 fully saturated rings. The second-order valence-corrected chi connectivity index (χ2v) is 7.32. The van der Waals surface area contributed by atoms with Crippen LogP contribution in [0.3, 0.4) is 0 Å². The van der Waals surface area contributed by atoms with Gasteiger partial charge in [0.2, 0.25) is 0 Å². The Kier molecular flexibility index (Phi) is 8.55. The molecule has 0 aliphatic carbocycles. The second kappa shape index (κ2) is 10.7. The van der Waals surface area contributed by atoms with Gasteiger partial charge in [0.15, 0.2) is 5.96 Å². The van der Waals surface area contributed by atoms with Gasteiger partial charge in [0.05, 0.1) is 5.69 Å². The Bertz CT molecular complexity index is 969. The van der Waals surface area contributed by atoms with Crippen molar-refractivity contribution in [3.8, 4) is 0 Å².